The first-order valence-corrected chi connectivity index (χ1v) is 8.97. The lowest BCUT2D eigenvalue weighted by Gasteiger charge is -2.37. The highest BCUT2D eigenvalue weighted by molar-refractivity contribution is 14.0. The monoisotopic (exact) mass is 468 g/mol. The highest BCUT2D eigenvalue weighted by Crippen LogP contribution is 2.21. The van der Waals surface area contributed by atoms with Gasteiger partial charge < -0.3 is 10.2 Å². The lowest BCUT2D eigenvalue weighted by atomic mass is 9.92. The molecular weight excluding hydrogens is 439 g/mol. The number of aryl methyl sites for hydroxylation is 1. The number of guanidine groups is 1. The van der Waals surface area contributed by atoms with Gasteiger partial charge in [0.25, 0.3) is 0 Å². The zero-order valence-corrected chi connectivity index (χ0v) is 18.3. The molecule has 1 aliphatic rings. The van der Waals surface area contributed by atoms with Gasteiger partial charge in [0.15, 0.2) is 5.96 Å². The molecule has 7 heteroatoms. The topological polar surface area (TPSA) is 58.3 Å². The summed E-state index contributed by atoms with van der Waals surface area (Å²) in [7, 11) is 1.86. The van der Waals surface area contributed by atoms with Crippen LogP contribution in [-0.2, 0) is 6.54 Å². The molecule has 1 N–H and O–H groups in total. The van der Waals surface area contributed by atoms with E-state index in [2.05, 4.69) is 45.1 Å². The van der Waals surface area contributed by atoms with Crippen molar-refractivity contribution >= 4 is 29.9 Å². The first-order valence-electron chi connectivity index (χ1n) is 8.97. The number of aromatic nitrogens is 3. The zero-order valence-electron chi connectivity index (χ0n) is 16.0. The minimum atomic E-state index is 0. The Morgan fingerprint density at radius 2 is 1.96 bits per heavy atom. The fourth-order valence-corrected chi connectivity index (χ4v) is 3.63. The van der Waals surface area contributed by atoms with Gasteiger partial charge in [-0.15, -0.1) is 24.0 Å². The number of likely N-dealkylation sites (tertiary alicyclic amines) is 1. The Balaban J connectivity index is 0.00000243. The third-order valence-corrected chi connectivity index (χ3v) is 4.71. The van der Waals surface area contributed by atoms with Crippen LogP contribution in [0.4, 0.5) is 0 Å². The maximum atomic E-state index is 4.55. The third kappa shape index (κ3) is 4.96. The van der Waals surface area contributed by atoms with Crippen LogP contribution in [0.3, 0.4) is 0 Å². The molecular formula is C19H29IN6. The van der Waals surface area contributed by atoms with Crippen LogP contribution in [0.1, 0.15) is 31.7 Å². The maximum Gasteiger partial charge on any atom is 0.193 e. The first-order chi connectivity index (χ1) is 12.1. The molecule has 2 aromatic rings. The van der Waals surface area contributed by atoms with Gasteiger partial charge in [-0.1, -0.05) is 19.9 Å². The van der Waals surface area contributed by atoms with Gasteiger partial charge in [-0.25, -0.2) is 9.97 Å². The van der Waals surface area contributed by atoms with Crippen molar-refractivity contribution in [1.82, 2.24) is 24.8 Å². The van der Waals surface area contributed by atoms with E-state index in [0.29, 0.717) is 11.8 Å². The van der Waals surface area contributed by atoms with Crippen LogP contribution in [0.25, 0.3) is 5.82 Å². The molecule has 2 aromatic heterocycles. The normalized spacial score (nSPS) is 20.6. The van der Waals surface area contributed by atoms with Gasteiger partial charge in [0.1, 0.15) is 11.6 Å². The molecule has 0 amide bonds. The molecule has 26 heavy (non-hydrogen) atoms. The minimum absolute atomic E-state index is 0. The molecule has 142 valence electrons. The average molecular weight is 468 g/mol. The summed E-state index contributed by atoms with van der Waals surface area (Å²) in [6, 6.07) is 4.13. The molecule has 2 atom stereocenters. The number of hydrogen-bond acceptors (Lipinski definition) is 3. The second-order valence-electron chi connectivity index (χ2n) is 7.12. The number of imidazole rings is 1. The summed E-state index contributed by atoms with van der Waals surface area (Å²) < 4.78 is 1.98. The molecule has 3 rings (SSSR count). The number of nitrogens with zero attached hydrogens (tertiary/aromatic N) is 5. The fraction of sp³-hybridized carbons (Fsp3) is 0.526. The molecule has 0 spiro atoms. The average Bonchev–Trinajstić information content (AvgIpc) is 3.01. The van der Waals surface area contributed by atoms with Crippen LogP contribution in [0.15, 0.2) is 35.7 Å². The summed E-state index contributed by atoms with van der Waals surface area (Å²) in [4.78, 5) is 15.6. The van der Waals surface area contributed by atoms with Crippen molar-refractivity contribution in [3.63, 3.8) is 0 Å². The standard InChI is InChI=1S/C19H28N6.HI/c1-14-9-15(2)13-24(12-14)19(20-4)23-11-17-5-6-18(22-10-17)25-8-7-21-16(25)3;/h5-8,10,14-15H,9,11-13H2,1-4H3,(H,20,23);1H. The lowest BCUT2D eigenvalue weighted by molar-refractivity contribution is 0.208. The van der Waals surface area contributed by atoms with Crippen molar-refractivity contribution in [1.29, 1.82) is 0 Å². The van der Waals surface area contributed by atoms with E-state index in [0.717, 1.165) is 42.8 Å². The van der Waals surface area contributed by atoms with Crippen molar-refractivity contribution in [2.75, 3.05) is 20.1 Å². The molecule has 1 fully saturated rings. The number of hydrogen-bond donors (Lipinski definition) is 1. The van der Waals surface area contributed by atoms with Gasteiger partial charge >= 0.3 is 0 Å². The van der Waals surface area contributed by atoms with E-state index in [9.17, 15) is 0 Å². The first kappa shape index (κ1) is 20.7. The second kappa shape index (κ2) is 9.34. The Kier molecular flexibility index (Phi) is 7.43. The van der Waals surface area contributed by atoms with Gasteiger partial charge in [-0.05, 0) is 36.8 Å². The van der Waals surface area contributed by atoms with Gasteiger partial charge in [0.05, 0.1) is 0 Å². The molecule has 0 aliphatic carbocycles. The molecule has 0 bridgehead atoms. The minimum Gasteiger partial charge on any atom is -0.352 e. The Morgan fingerprint density at radius 3 is 2.50 bits per heavy atom. The fourth-order valence-electron chi connectivity index (χ4n) is 3.63. The van der Waals surface area contributed by atoms with Crippen molar-refractivity contribution in [3.05, 3.63) is 42.1 Å². The van der Waals surface area contributed by atoms with Gasteiger partial charge in [-0.3, -0.25) is 9.56 Å². The predicted molar refractivity (Wildman–Crippen MR) is 116 cm³/mol. The van der Waals surface area contributed by atoms with E-state index in [4.69, 9.17) is 0 Å². The Bertz CT molecular complexity index is 714. The molecule has 3 heterocycles. The number of rotatable bonds is 3. The summed E-state index contributed by atoms with van der Waals surface area (Å²) in [5.74, 6) is 4.23. The summed E-state index contributed by atoms with van der Waals surface area (Å²) in [5.41, 5.74) is 1.14. The smallest absolute Gasteiger partial charge is 0.193 e. The van der Waals surface area contributed by atoms with Crippen LogP contribution < -0.4 is 5.32 Å². The molecule has 2 unspecified atom stereocenters. The largest absolute Gasteiger partial charge is 0.352 e. The summed E-state index contributed by atoms with van der Waals surface area (Å²) in [6.07, 6.45) is 6.93. The van der Waals surface area contributed by atoms with Gasteiger partial charge in [0.2, 0.25) is 0 Å². The molecule has 0 radical (unpaired) electrons. The van der Waals surface area contributed by atoms with E-state index >= 15 is 0 Å². The third-order valence-electron chi connectivity index (χ3n) is 4.71. The number of piperidine rings is 1. The molecule has 0 saturated carbocycles. The zero-order chi connectivity index (χ0) is 17.8. The van der Waals surface area contributed by atoms with E-state index in [1.807, 2.05) is 37.0 Å². The van der Waals surface area contributed by atoms with Crippen LogP contribution in [0.2, 0.25) is 0 Å². The molecule has 6 nitrogen and oxygen atoms in total. The Morgan fingerprint density at radius 1 is 1.23 bits per heavy atom. The van der Waals surface area contributed by atoms with Crippen molar-refractivity contribution in [2.24, 2.45) is 16.8 Å². The lowest BCUT2D eigenvalue weighted by Crippen LogP contribution is -2.48. The van der Waals surface area contributed by atoms with Crippen LogP contribution >= 0.6 is 24.0 Å². The van der Waals surface area contributed by atoms with Gasteiger partial charge in [-0.2, -0.15) is 0 Å². The number of aliphatic imine (C=N–C) groups is 1. The molecule has 1 aliphatic heterocycles. The maximum absolute atomic E-state index is 4.55. The summed E-state index contributed by atoms with van der Waals surface area (Å²) in [5, 5.41) is 3.48. The summed E-state index contributed by atoms with van der Waals surface area (Å²) in [6.45, 7) is 9.47. The highest BCUT2D eigenvalue weighted by Gasteiger charge is 2.23. The predicted octanol–water partition coefficient (Wildman–Crippen LogP) is 3.25. The van der Waals surface area contributed by atoms with E-state index in [1.165, 1.54) is 6.42 Å². The second-order valence-corrected chi connectivity index (χ2v) is 7.12. The molecule has 0 aromatic carbocycles. The van der Waals surface area contributed by atoms with E-state index in [-0.39, 0.29) is 24.0 Å². The van der Waals surface area contributed by atoms with Crippen LogP contribution in [0.5, 0.6) is 0 Å². The summed E-state index contributed by atoms with van der Waals surface area (Å²) >= 11 is 0. The van der Waals surface area contributed by atoms with Crippen LogP contribution in [0, 0.1) is 18.8 Å². The molecule has 1 saturated heterocycles. The van der Waals surface area contributed by atoms with Crippen molar-refractivity contribution in [3.8, 4) is 5.82 Å². The van der Waals surface area contributed by atoms with Crippen molar-refractivity contribution in [2.45, 2.75) is 33.7 Å². The quantitative estimate of drug-likeness (QED) is 0.427. The number of pyridine rings is 1. The number of halogens is 1. The van der Waals surface area contributed by atoms with E-state index < -0.39 is 0 Å². The highest BCUT2D eigenvalue weighted by atomic mass is 127. The SMILES string of the molecule is CN=C(NCc1ccc(-n2ccnc2C)nc1)N1CC(C)CC(C)C1.I. The van der Waals surface area contributed by atoms with Gasteiger partial charge in [0, 0.05) is 45.3 Å². The Labute approximate surface area is 173 Å². The van der Waals surface area contributed by atoms with E-state index in [1.54, 1.807) is 6.20 Å². The number of nitrogens with one attached hydrogen (secondary N) is 1. The van der Waals surface area contributed by atoms with Crippen LogP contribution in [-0.4, -0.2) is 45.5 Å². The van der Waals surface area contributed by atoms with Crippen molar-refractivity contribution < 1.29 is 0 Å². The Hall–Kier alpha value is -1.64.